The van der Waals surface area contributed by atoms with Crippen LogP contribution in [0.15, 0.2) is 60.3 Å². The summed E-state index contributed by atoms with van der Waals surface area (Å²) in [6.45, 7) is 4.24. The molecule has 1 N–H and O–H groups in total. The van der Waals surface area contributed by atoms with Crippen molar-refractivity contribution in [2.24, 2.45) is 5.41 Å². The first-order valence-corrected chi connectivity index (χ1v) is 9.78. The van der Waals surface area contributed by atoms with Gasteiger partial charge in [0.1, 0.15) is 11.6 Å². The van der Waals surface area contributed by atoms with Crippen LogP contribution in [-0.2, 0) is 12.8 Å². The fourth-order valence-electron chi connectivity index (χ4n) is 4.13. The van der Waals surface area contributed by atoms with Gasteiger partial charge in [0.15, 0.2) is 0 Å². The first-order chi connectivity index (χ1) is 13.8. The van der Waals surface area contributed by atoms with Crippen molar-refractivity contribution >= 4 is 6.08 Å². The van der Waals surface area contributed by atoms with Gasteiger partial charge < -0.3 is 5.11 Å². The van der Waals surface area contributed by atoms with Gasteiger partial charge in [0.2, 0.25) is 0 Å². The average molecular weight is 394 g/mol. The van der Waals surface area contributed by atoms with Crippen LogP contribution in [0.4, 0.5) is 8.78 Å². The SMILES string of the molecule is CC1=Cc2c(cnn2-c2ccc(F)cc2)C[C@@]1(C)CC(O)Cc1ccc(F)cc1. The zero-order valence-corrected chi connectivity index (χ0v) is 16.6. The van der Waals surface area contributed by atoms with Crippen LogP contribution in [-0.4, -0.2) is 21.0 Å². The lowest BCUT2D eigenvalue weighted by atomic mass is 9.70. The molecule has 0 aliphatic heterocycles. The van der Waals surface area contributed by atoms with E-state index in [1.165, 1.54) is 29.8 Å². The van der Waals surface area contributed by atoms with E-state index in [0.717, 1.165) is 28.9 Å². The number of fused-ring (bicyclic) bond motifs is 1. The number of hydrogen-bond donors (Lipinski definition) is 1. The second-order valence-electron chi connectivity index (χ2n) is 8.20. The Morgan fingerprint density at radius 2 is 1.69 bits per heavy atom. The van der Waals surface area contributed by atoms with Crippen molar-refractivity contribution in [1.82, 2.24) is 9.78 Å². The van der Waals surface area contributed by atoms with E-state index in [1.807, 2.05) is 10.9 Å². The molecule has 3 nitrogen and oxygen atoms in total. The minimum Gasteiger partial charge on any atom is -0.393 e. The molecule has 1 heterocycles. The van der Waals surface area contributed by atoms with Gasteiger partial charge in [-0.3, -0.25) is 0 Å². The highest BCUT2D eigenvalue weighted by atomic mass is 19.1. The summed E-state index contributed by atoms with van der Waals surface area (Å²) in [4.78, 5) is 0. The summed E-state index contributed by atoms with van der Waals surface area (Å²) in [7, 11) is 0. The maximum Gasteiger partial charge on any atom is 0.123 e. The zero-order valence-electron chi connectivity index (χ0n) is 16.6. The molecule has 0 amide bonds. The van der Waals surface area contributed by atoms with Gasteiger partial charge in [0.05, 0.1) is 23.7 Å². The van der Waals surface area contributed by atoms with Crippen LogP contribution in [0.2, 0.25) is 0 Å². The molecule has 4 rings (SSSR count). The first-order valence-electron chi connectivity index (χ1n) is 9.78. The Bertz CT molecular complexity index is 1040. The Morgan fingerprint density at radius 1 is 1.07 bits per heavy atom. The van der Waals surface area contributed by atoms with E-state index in [-0.39, 0.29) is 17.0 Å². The lowest BCUT2D eigenvalue weighted by molar-refractivity contribution is 0.120. The lowest BCUT2D eigenvalue weighted by Gasteiger charge is -2.36. The molecule has 1 aliphatic carbocycles. The maximum atomic E-state index is 13.2. The van der Waals surface area contributed by atoms with E-state index < -0.39 is 6.10 Å². The smallest absolute Gasteiger partial charge is 0.123 e. The fraction of sp³-hybridized carbons (Fsp3) is 0.292. The summed E-state index contributed by atoms with van der Waals surface area (Å²) in [5.41, 5.74) is 4.83. The van der Waals surface area contributed by atoms with Gasteiger partial charge in [0, 0.05) is 0 Å². The Balaban J connectivity index is 1.54. The van der Waals surface area contributed by atoms with Gasteiger partial charge >= 0.3 is 0 Å². The molecule has 0 saturated heterocycles. The topological polar surface area (TPSA) is 38.0 Å². The first kappa shape index (κ1) is 19.5. The van der Waals surface area contributed by atoms with Crippen molar-refractivity contribution in [2.75, 3.05) is 0 Å². The molecule has 0 spiro atoms. The number of aliphatic hydroxyl groups excluding tert-OH is 1. The number of hydrogen-bond acceptors (Lipinski definition) is 2. The summed E-state index contributed by atoms with van der Waals surface area (Å²) < 4.78 is 28.2. The van der Waals surface area contributed by atoms with Crippen molar-refractivity contribution in [1.29, 1.82) is 0 Å². The van der Waals surface area contributed by atoms with Crippen LogP contribution in [0.1, 0.15) is 37.1 Å². The molecule has 29 heavy (non-hydrogen) atoms. The summed E-state index contributed by atoms with van der Waals surface area (Å²) in [5.74, 6) is -0.545. The van der Waals surface area contributed by atoms with Crippen LogP contribution in [0.3, 0.4) is 0 Å². The average Bonchev–Trinajstić information content (AvgIpc) is 3.06. The van der Waals surface area contributed by atoms with Crippen LogP contribution in [0, 0.1) is 17.0 Å². The third kappa shape index (κ3) is 4.01. The van der Waals surface area contributed by atoms with Crippen molar-refractivity contribution < 1.29 is 13.9 Å². The highest BCUT2D eigenvalue weighted by Crippen LogP contribution is 2.42. The van der Waals surface area contributed by atoms with Crippen molar-refractivity contribution in [2.45, 2.75) is 39.2 Å². The highest BCUT2D eigenvalue weighted by Gasteiger charge is 2.34. The molecule has 0 fully saturated rings. The number of benzene rings is 2. The van der Waals surface area contributed by atoms with Crippen LogP contribution < -0.4 is 0 Å². The van der Waals surface area contributed by atoms with Crippen molar-refractivity contribution in [3.8, 4) is 5.69 Å². The Morgan fingerprint density at radius 3 is 2.34 bits per heavy atom. The predicted octanol–water partition coefficient (Wildman–Crippen LogP) is 5.11. The summed E-state index contributed by atoms with van der Waals surface area (Å²) >= 11 is 0. The molecular weight excluding hydrogens is 370 g/mol. The van der Waals surface area contributed by atoms with Gasteiger partial charge in [-0.2, -0.15) is 5.10 Å². The molecule has 2 atom stereocenters. The molecule has 2 aromatic carbocycles. The number of aromatic nitrogens is 2. The minimum atomic E-state index is -0.525. The van der Waals surface area contributed by atoms with Crippen LogP contribution in [0.25, 0.3) is 11.8 Å². The molecule has 1 unspecified atom stereocenters. The Kier molecular flexibility index (Phi) is 5.09. The molecule has 3 aromatic rings. The van der Waals surface area contributed by atoms with Crippen molar-refractivity contribution in [3.63, 3.8) is 0 Å². The maximum absolute atomic E-state index is 13.2. The monoisotopic (exact) mass is 394 g/mol. The van der Waals surface area contributed by atoms with Gasteiger partial charge in [0.25, 0.3) is 0 Å². The fourth-order valence-corrected chi connectivity index (χ4v) is 4.13. The Labute approximate surface area is 169 Å². The van der Waals surface area contributed by atoms with Gasteiger partial charge in [-0.05, 0) is 85.2 Å². The number of aliphatic hydroxyl groups is 1. The normalized spacial score (nSPS) is 19.6. The second-order valence-corrected chi connectivity index (χ2v) is 8.20. The van der Waals surface area contributed by atoms with Gasteiger partial charge in [-0.1, -0.05) is 24.6 Å². The van der Waals surface area contributed by atoms with E-state index in [4.69, 9.17) is 0 Å². The predicted molar refractivity (Wildman–Crippen MR) is 110 cm³/mol. The van der Waals surface area contributed by atoms with E-state index in [9.17, 15) is 13.9 Å². The minimum absolute atomic E-state index is 0.191. The molecule has 0 saturated carbocycles. The standard InChI is InChI=1S/C24H24F2N2O/c1-16-11-23-18(15-27-28(23)21-9-7-20(26)8-10-21)13-24(16,2)14-22(29)12-17-3-5-19(25)6-4-17/h3-11,15,22,29H,12-14H2,1-2H3/t22?,24-/m0/s1. The third-order valence-electron chi connectivity index (χ3n) is 5.91. The second kappa shape index (κ2) is 7.56. The molecule has 5 heteroatoms. The Hall–Kier alpha value is -2.79. The zero-order chi connectivity index (χ0) is 20.6. The van der Waals surface area contributed by atoms with E-state index in [0.29, 0.717) is 12.8 Å². The highest BCUT2D eigenvalue weighted by molar-refractivity contribution is 5.60. The van der Waals surface area contributed by atoms with Crippen molar-refractivity contribution in [3.05, 3.63) is 88.8 Å². The lowest BCUT2D eigenvalue weighted by Crippen LogP contribution is -2.30. The third-order valence-corrected chi connectivity index (χ3v) is 5.91. The number of allylic oxidation sites excluding steroid dienone is 1. The van der Waals surface area contributed by atoms with E-state index in [2.05, 4.69) is 25.0 Å². The summed E-state index contributed by atoms with van der Waals surface area (Å²) in [6.07, 6.45) is 5.31. The molecule has 1 aromatic heterocycles. The molecule has 0 bridgehead atoms. The largest absolute Gasteiger partial charge is 0.393 e. The quantitative estimate of drug-likeness (QED) is 0.653. The molecule has 0 radical (unpaired) electrons. The summed E-state index contributed by atoms with van der Waals surface area (Å²) in [6, 6.07) is 12.6. The summed E-state index contributed by atoms with van der Waals surface area (Å²) in [5, 5.41) is 15.2. The number of halogens is 2. The van der Waals surface area contributed by atoms with Crippen LogP contribution >= 0.6 is 0 Å². The molecular formula is C24H24F2N2O. The van der Waals surface area contributed by atoms with Gasteiger partial charge in [-0.15, -0.1) is 0 Å². The van der Waals surface area contributed by atoms with E-state index in [1.54, 1.807) is 24.3 Å². The van der Waals surface area contributed by atoms with E-state index >= 15 is 0 Å². The number of nitrogens with zero attached hydrogens (tertiary/aromatic N) is 2. The molecule has 1 aliphatic rings. The number of rotatable bonds is 5. The van der Waals surface area contributed by atoms with Gasteiger partial charge in [-0.25, -0.2) is 13.5 Å². The molecule has 150 valence electrons. The van der Waals surface area contributed by atoms with Crippen LogP contribution in [0.5, 0.6) is 0 Å².